The molecule has 0 aromatic carbocycles. The average molecular weight is 310 g/mol. The zero-order valence-corrected chi connectivity index (χ0v) is 14.1. The summed E-state index contributed by atoms with van der Waals surface area (Å²) < 4.78 is 5.82. The number of carbonyl (C=O) groups excluding carboxylic acids is 1. The molecule has 0 aromatic heterocycles. The van der Waals surface area contributed by atoms with Gasteiger partial charge in [-0.3, -0.25) is 9.69 Å². The van der Waals surface area contributed by atoms with E-state index in [0.717, 1.165) is 45.3 Å². The molecule has 3 fully saturated rings. The Morgan fingerprint density at radius 2 is 2.00 bits per heavy atom. The van der Waals surface area contributed by atoms with Gasteiger partial charge in [0.05, 0.1) is 18.2 Å². The van der Waals surface area contributed by atoms with Crippen LogP contribution in [-0.2, 0) is 9.53 Å². The molecule has 1 saturated carbocycles. The first kappa shape index (κ1) is 16.2. The van der Waals surface area contributed by atoms with Crippen LogP contribution in [0.1, 0.15) is 46.5 Å². The Labute approximate surface area is 133 Å². The summed E-state index contributed by atoms with van der Waals surface area (Å²) in [5, 5.41) is 10.3. The summed E-state index contributed by atoms with van der Waals surface area (Å²) in [6.07, 6.45) is 3.60. The summed E-state index contributed by atoms with van der Waals surface area (Å²) in [5.74, 6) is 0.293. The molecule has 2 heterocycles. The fraction of sp³-hybridized carbons (Fsp3) is 0.941. The lowest BCUT2D eigenvalue weighted by Crippen LogP contribution is -2.63. The molecule has 1 N–H and O–H groups in total. The summed E-state index contributed by atoms with van der Waals surface area (Å²) in [7, 11) is 0. The lowest BCUT2D eigenvalue weighted by Gasteiger charge is -2.57. The minimum atomic E-state index is -0.224. The third kappa shape index (κ3) is 2.47. The van der Waals surface area contributed by atoms with Crippen molar-refractivity contribution in [2.45, 2.75) is 70.7 Å². The van der Waals surface area contributed by atoms with E-state index < -0.39 is 0 Å². The highest BCUT2D eigenvalue weighted by Gasteiger charge is 2.56. The Balaban J connectivity index is 1.59. The van der Waals surface area contributed by atoms with Gasteiger partial charge in [0.25, 0.3) is 0 Å². The van der Waals surface area contributed by atoms with E-state index >= 15 is 0 Å². The van der Waals surface area contributed by atoms with Crippen molar-refractivity contribution >= 4 is 5.91 Å². The Morgan fingerprint density at radius 1 is 1.32 bits per heavy atom. The third-order valence-electron chi connectivity index (χ3n) is 6.11. The smallest absolute Gasteiger partial charge is 0.240 e. The molecule has 126 valence electrons. The Bertz CT molecular complexity index is 416. The van der Waals surface area contributed by atoms with Crippen molar-refractivity contribution in [3.63, 3.8) is 0 Å². The summed E-state index contributed by atoms with van der Waals surface area (Å²) in [4.78, 5) is 16.9. The maximum Gasteiger partial charge on any atom is 0.240 e. The Morgan fingerprint density at radius 3 is 2.50 bits per heavy atom. The van der Waals surface area contributed by atoms with Gasteiger partial charge in [0, 0.05) is 31.0 Å². The van der Waals surface area contributed by atoms with E-state index in [1.54, 1.807) is 0 Å². The van der Waals surface area contributed by atoms with Crippen LogP contribution in [0.25, 0.3) is 0 Å². The van der Waals surface area contributed by atoms with Crippen LogP contribution < -0.4 is 0 Å². The first-order valence-corrected chi connectivity index (χ1v) is 8.84. The molecule has 0 unspecified atom stereocenters. The number of ether oxygens (including phenoxy) is 1. The highest BCUT2D eigenvalue weighted by molar-refractivity contribution is 5.84. The van der Waals surface area contributed by atoms with Crippen LogP contribution in [-0.4, -0.2) is 71.3 Å². The molecule has 2 saturated heterocycles. The lowest BCUT2D eigenvalue weighted by atomic mass is 9.58. The maximum absolute atomic E-state index is 12.5. The highest BCUT2D eigenvalue weighted by Crippen LogP contribution is 2.51. The molecule has 0 aromatic rings. The number of carbonyl (C=O) groups is 1. The van der Waals surface area contributed by atoms with Crippen molar-refractivity contribution in [3.8, 4) is 0 Å². The van der Waals surface area contributed by atoms with E-state index in [4.69, 9.17) is 4.74 Å². The van der Waals surface area contributed by atoms with Crippen LogP contribution in [0.2, 0.25) is 0 Å². The molecule has 3 atom stereocenters. The van der Waals surface area contributed by atoms with Crippen LogP contribution in [0.5, 0.6) is 0 Å². The van der Waals surface area contributed by atoms with Crippen molar-refractivity contribution in [3.05, 3.63) is 0 Å². The zero-order valence-electron chi connectivity index (χ0n) is 14.1. The van der Waals surface area contributed by atoms with Gasteiger partial charge in [-0.1, -0.05) is 0 Å². The van der Waals surface area contributed by atoms with Gasteiger partial charge in [0.2, 0.25) is 5.91 Å². The molecular weight excluding hydrogens is 280 g/mol. The topological polar surface area (TPSA) is 53.0 Å². The summed E-state index contributed by atoms with van der Waals surface area (Å²) in [5.41, 5.74) is -0.0497. The molecule has 0 bridgehead atoms. The fourth-order valence-corrected chi connectivity index (χ4v) is 4.61. The Hall–Kier alpha value is -0.650. The standard InChI is InChI=1S/C17H30N2O3/c1-4-22-15-11-14(20)17(15)6-9-18(10-7-17)13-5-8-19(12(2)3)16(13)21/h12-15,20H,4-11H2,1-3H3/t13-,14+,15-/m1/s1. The molecule has 1 aliphatic carbocycles. The van der Waals surface area contributed by atoms with Gasteiger partial charge in [0.1, 0.15) is 0 Å². The second-order valence-corrected chi connectivity index (χ2v) is 7.39. The number of nitrogens with zero attached hydrogens (tertiary/aromatic N) is 2. The van der Waals surface area contributed by atoms with Crippen molar-refractivity contribution in [2.24, 2.45) is 5.41 Å². The monoisotopic (exact) mass is 310 g/mol. The summed E-state index contributed by atoms with van der Waals surface area (Å²) >= 11 is 0. The highest BCUT2D eigenvalue weighted by atomic mass is 16.5. The zero-order chi connectivity index (χ0) is 15.9. The number of piperidine rings is 1. The van der Waals surface area contributed by atoms with E-state index in [9.17, 15) is 9.90 Å². The van der Waals surface area contributed by atoms with Crippen molar-refractivity contribution in [1.82, 2.24) is 9.80 Å². The molecular formula is C17H30N2O3. The van der Waals surface area contributed by atoms with E-state index in [1.807, 2.05) is 11.8 Å². The SMILES string of the molecule is CCO[C@@H]1C[C@H](O)C12CCN([C@@H]1CCN(C(C)C)C1=O)CC2. The van der Waals surface area contributed by atoms with Gasteiger partial charge >= 0.3 is 0 Å². The lowest BCUT2D eigenvalue weighted by molar-refractivity contribution is -0.211. The number of amides is 1. The second kappa shape index (κ2) is 6.10. The maximum atomic E-state index is 12.5. The number of aliphatic hydroxyl groups excluding tert-OH is 1. The normalized spacial score (nSPS) is 35.4. The van der Waals surface area contributed by atoms with Crippen molar-refractivity contribution < 1.29 is 14.6 Å². The average Bonchev–Trinajstić information content (AvgIpc) is 2.89. The van der Waals surface area contributed by atoms with Gasteiger partial charge < -0.3 is 14.7 Å². The second-order valence-electron chi connectivity index (χ2n) is 7.39. The van der Waals surface area contributed by atoms with E-state index in [2.05, 4.69) is 18.7 Å². The van der Waals surface area contributed by atoms with E-state index in [0.29, 0.717) is 18.6 Å². The molecule has 3 aliphatic rings. The van der Waals surface area contributed by atoms with Gasteiger partial charge in [-0.05, 0) is 53.1 Å². The van der Waals surface area contributed by atoms with Crippen LogP contribution in [0.15, 0.2) is 0 Å². The molecule has 5 nitrogen and oxygen atoms in total. The van der Waals surface area contributed by atoms with Crippen LogP contribution >= 0.6 is 0 Å². The van der Waals surface area contributed by atoms with Crippen molar-refractivity contribution in [2.75, 3.05) is 26.2 Å². The molecule has 5 heteroatoms. The largest absolute Gasteiger partial charge is 0.392 e. The fourth-order valence-electron chi connectivity index (χ4n) is 4.61. The van der Waals surface area contributed by atoms with Crippen LogP contribution in [0, 0.1) is 5.41 Å². The minimum Gasteiger partial charge on any atom is -0.392 e. The predicted molar refractivity (Wildman–Crippen MR) is 84.5 cm³/mol. The van der Waals surface area contributed by atoms with E-state index in [1.165, 1.54) is 0 Å². The van der Waals surface area contributed by atoms with Gasteiger partial charge in [-0.2, -0.15) is 0 Å². The molecule has 2 aliphatic heterocycles. The quantitative estimate of drug-likeness (QED) is 0.849. The number of hydrogen-bond acceptors (Lipinski definition) is 4. The van der Waals surface area contributed by atoms with Gasteiger partial charge in [-0.25, -0.2) is 0 Å². The molecule has 3 rings (SSSR count). The minimum absolute atomic E-state index is 0.0497. The van der Waals surface area contributed by atoms with Crippen LogP contribution in [0.4, 0.5) is 0 Å². The number of likely N-dealkylation sites (tertiary alicyclic amines) is 2. The first-order chi connectivity index (χ1) is 10.5. The number of rotatable bonds is 4. The first-order valence-electron chi connectivity index (χ1n) is 8.84. The number of aliphatic hydroxyl groups is 1. The molecule has 1 amide bonds. The van der Waals surface area contributed by atoms with Gasteiger partial charge in [-0.15, -0.1) is 0 Å². The third-order valence-corrected chi connectivity index (χ3v) is 6.11. The molecule has 22 heavy (non-hydrogen) atoms. The number of hydrogen-bond donors (Lipinski definition) is 1. The van der Waals surface area contributed by atoms with Gasteiger partial charge in [0.15, 0.2) is 0 Å². The Kier molecular flexibility index (Phi) is 4.49. The molecule has 0 radical (unpaired) electrons. The van der Waals surface area contributed by atoms with Crippen molar-refractivity contribution in [1.29, 1.82) is 0 Å². The van der Waals surface area contributed by atoms with Crippen LogP contribution in [0.3, 0.4) is 0 Å². The summed E-state index contributed by atoms with van der Waals surface area (Å²) in [6.45, 7) is 9.60. The van der Waals surface area contributed by atoms with E-state index in [-0.39, 0.29) is 23.7 Å². The predicted octanol–water partition coefficient (Wildman–Crippen LogP) is 1.25. The summed E-state index contributed by atoms with van der Waals surface area (Å²) in [6, 6.07) is 0.354. The molecule has 1 spiro atoms.